The molecule has 1 fully saturated rings. The molecule has 0 aliphatic carbocycles. The van der Waals surface area contributed by atoms with Gasteiger partial charge in [-0.1, -0.05) is 0 Å². The third-order valence-electron chi connectivity index (χ3n) is 4.67. The van der Waals surface area contributed by atoms with Gasteiger partial charge in [-0.25, -0.2) is 22.8 Å². The minimum atomic E-state index is -3.00. The molecule has 1 aliphatic heterocycles. The number of aromatic nitrogens is 4. The van der Waals surface area contributed by atoms with Gasteiger partial charge in [0.1, 0.15) is 17.8 Å². The lowest BCUT2D eigenvalue weighted by Gasteiger charge is -2.25. The van der Waals surface area contributed by atoms with Gasteiger partial charge in [0.25, 0.3) is 0 Å². The van der Waals surface area contributed by atoms with Crippen molar-refractivity contribution in [1.29, 1.82) is 0 Å². The zero-order chi connectivity index (χ0) is 19.5. The number of nitrogens with zero attached hydrogens (tertiary/aromatic N) is 4. The Morgan fingerprint density at radius 2 is 1.89 bits per heavy atom. The highest BCUT2D eigenvalue weighted by Crippen LogP contribution is 2.36. The van der Waals surface area contributed by atoms with E-state index in [1.54, 1.807) is 23.0 Å². The summed E-state index contributed by atoms with van der Waals surface area (Å²) in [4.78, 5) is 8.57. The third kappa shape index (κ3) is 3.00. The Bertz CT molecular complexity index is 1300. The molecule has 1 aliphatic rings. The van der Waals surface area contributed by atoms with Gasteiger partial charge in [0.2, 0.25) is 5.71 Å². The van der Waals surface area contributed by atoms with E-state index in [2.05, 4.69) is 37.7 Å². The van der Waals surface area contributed by atoms with Gasteiger partial charge in [-0.05, 0) is 46.9 Å². The van der Waals surface area contributed by atoms with Gasteiger partial charge >= 0.3 is 0 Å². The molecule has 0 spiro atoms. The van der Waals surface area contributed by atoms with Crippen molar-refractivity contribution < 1.29 is 17.2 Å². The van der Waals surface area contributed by atoms with E-state index in [4.69, 9.17) is 4.42 Å². The highest BCUT2D eigenvalue weighted by molar-refractivity contribution is 14.1. The average Bonchev–Trinajstić information content (AvgIpc) is 3.22. The third-order valence-corrected chi connectivity index (χ3v) is 6.99. The average molecular weight is 510 g/mol. The molecule has 7 nitrogen and oxygen atoms in total. The van der Waals surface area contributed by atoms with Gasteiger partial charge in [0.05, 0.1) is 28.6 Å². The standard InChI is InChI=1S/C18H12FIN4O3S/c19-11-3-1-10(2-4-11)16-14(6-24(23-16)12-7-28(25,26)8-12)17-13-5-15(20)27-18(13)22-9-21-17/h1-6,9,12H,7-8H2. The molecule has 1 aromatic carbocycles. The van der Waals surface area contributed by atoms with Gasteiger partial charge in [0.15, 0.2) is 13.6 Å². The lowest BCUT2D eigenvalue weighted by Crippen LogP contribution is -2.38. The highest BCUT2D eigenvalue weighted by Gasteiger charge is 2.36. The van der Waals surface area contributed by atoms with Crippen molar-refractivity contribution >= 4 is 43.5 Å². The Hall–Kier alpha value is -2.34. The Kier molecular flexibility index (Phi) is 4.02. The summed E-state index contributed by atoms with van der Waals surface area (Å²) < 4.78 is 44.5. The first-order valence-corrected chi connectivity index (χ1v) is 11.3. The van der Waals surface area contributed by atoms with E-state index >= 15 is 0 Å². The molecule has 4 aromatic rings. The lowest BCUT2D eigenvalue weighted by atomic mass is 10.0. The van der Waals surface area contributed by atoms with Gasteiger partial charge in [-0.2, -0.15) is 5.10 Å². The maximum atomic E-state index is 13.4. The molecular formula is C18H12FIN4O3S. The quantitative estimate of drug-likeness (QED) is 0.393. The molecule has 0 unspecified atom stereocenters. The number of hydrogen-bond acceptors (Lipinski definition) is 6. The summed E-state index contributed by atoms with van der Waals surface area (Å²) in [5.41, 5.74) is 3.10. The van der Waals surface area contributed by atoms with E-state index in [0.29, 0.717) is 32.0 Å². The van der Waals surface area contributed by atoms with E-state index in [0.717, 1.165) is 5.39 Å². The number of rotatable bonds is 3. The Morgan fingerprint density at radius 3 is 2.61 bits per heavy atom. The second-order valence-electron chi connectivity index (χ2n) is 6.60. The van der Waals surface area contributed by atoms with Gasteiger partial charge in [-0.3, -0.25) is 4.68 Å². The Morgan fingerprint density at radius 1 is 1.14 bits per heavy atom. The van der Waals surface area contributed by atoms with E-state index < -0.39 is 9.84 Å². The van der Waals surface area contributed by atoms with Crippen LogP contribution in [0.1, 0.15) is 6.04 Å². The van der Waals surface area contributed by atoms with Crippen molar-refractivity contribution in [3.05, 3.63) is 52.4 Å². The van der Waals surface area contributed by atoms with E-state index in [-0.39, 0.29) is 23.4 Å². The van der Waals surface area contributed by atoms with Crippen molar-refractivity contribution in [2.75, 3.05) is 11.5 Å². The van der Waals surface area contributed by atoms with Crippen LogP contribution in [0.15, 0.2) is 47.3 Å². The monoisotopic (exact) mass is 510 g/mol. The van der Waals surface area contributed by atoms with Crippen LogP contribution in [0.2, 0.25) is 0 Å². The van der Waals surface area contributed by atoms with Gasteiger partial charge in [-0.15, -0.1) is 0 Å². The first-order valence-electron chi connectivity index (χ1n) is 8.35. The summed E-state index contributed by atoms with van der Waals surface area (Å²) in [6.45, 7) is 0. The van der Waals surface area contributed by atoms with Gasteiger partial charge in [0, 0.05) is 23.4 Å². The fourth-order valence-corrected chi connectivity index (χ4v) is 5.20. The summed E-state index contributed by atoms with van der Waals surface area (Å²) in [6.07, 6.45) is 3.20. The largest absolute Gasteiger partial charge is 0.432 e. The number of sulfone groups is 1. The molecule has 0 N–H and O–H groups in total. The van der Waals surface area contributed by atoms with Crippen molar-refractivity contribution in [2.45, 2.75) is 6.04 Å². The Balaban J connectivity index is 1.71. The summed E-state index contributed by atoms with van der Waals surface area (Å²) in [7, 11) is -3.00. The van der Waals surface area contributed by atoms with E-state index in [1.165, 1.54) is 18.5 Å². The zero-order valence-electron chi connectivity index (χ0n) is 14.2. The van der Waals surface area contributed by atoms with Crippen molar-refractivity contribution in [1.82, 2.24) is 19.7 Å². The maximum Gasteiger partial charge on any atom is 0.231 e. The second-order valence-corrected chi connectivity index (χ2v) is 9.82. The van der Waals surface area contributed by atoms with Crippen LogP contribution >= 0.6 is 22.6 Å². The van der Waals surface area contributed by atoms with Crippen LogP contribution < -0.4 is 0 Å². The molecule has 5 rings (SSSR count). The smallest absolute Gasteiger partial charge is 0.231 e. The van der Waals surface area contributed by atoms with E-state index in [9.17, 15) is 12.8 Å². The zero-order valence-corrected chi connectivity index (χ0v) is 17.2. The number of furan rings is 1. The van der Waals surface area contributed by atoms with Crippen LogP contribution in [-0.4, -0.2) is 39.7 Å². The summed E-state index contributed by atoms with van der Waals surface area (Å²) >= 11 is 2.06. The minimum absolute atomic E-state index is 0.0553. The predicted molar refractivity (Wildman–Crippen MR) is 109 cm³/mol. The number of hydrogen-bond donors (Lipinski definition) is 0. The molecule has 0 bridgehead atoms. The summed E-state index contributed by atoms with van der Waals surface area (Å²) in [6, 6.07) is 7.62. The molecule has 0 radical (unpaired) electrons. The van der Waals surface area contributed by atoms with Crippen LogP contribution in [0.25, 0.3) is 33.6 Å². The fraction of sp³-hybridized carbons (Fsp3) is 0.167. The van der Waals surface area contributed by atoms with Gasteiger partial charge < -0.3 is 4.42 Å². The number of halogens is 2. The summed E-state index contributed by atoms with van der Waals surface area (Å²) in [5, 5.41) is 5.36. The summed E-state index contributed by atoms with van der Waals surface area (Å²) in [5.74, 6) is -0.233. The van der Waals surface area contributed by atoms with Crippen LogP contribution in [0, 0.1) is 9.58 Å². The molecule has 1 saturated heterocycles. The maximum absolute atomic E-state index is 13.4. The SMILES string of the molecule is O=S1(=O)CC(n2cc(-c3ncnc4oc(I)cc34)c(-c3ccc(F)cc3)n2)C1. The normalized spacial score (nSPS) is 16.4. The van der Waals surface area contributed by atoms with Crippen LogP contribution in [0.5, 0.6) is 0 Å². The molecule has 142 valence electrons. The first kappa shape index (κ1) is 17.7. The molecule has 3 aromatic heterocycles. The van der Waals surface area contributed by atoms with Crippen LogP contribution in [0.3, 0.4) is 0 Å². The molecule has 4 heterocycles. The van der Waals surface area contributed by atoms with Crippen molar-refractivity contribution in [2.24, 2.45) is 0 Å². The molecule has 28 heavy (non-hydrogen) atoms. The molecular weight excluding hydrogens is 498 g/mol. The van der Waals surface area contributed by atoms with Crippen LogP contribution in [-0.2, 0) is 9.84 Å². The lowest BCUT2D eigenvalue weighted by molar-refractivity contribution is 0.474. The molecule has 10 heteroatoms. The predicted octanol–water partition coefficient (Wildman–Crippen LogP) is 3.47. The van der Waals surface area contributed by atoms with Crippen molar-refractivity contribution in [3.63, 3.8) is 0 Å². The first-order chi connectivity index (χ1) is 13.4. The second kappa shape index (κ2) is 6.34. The fourth-order valence-electron chi connectivity index (χ4n) is 3.30. The van der Waals surface area contributed by atoms with Crippen LogP contribution in [0.4, 0.5) is 4.39 Å². The topological polar surface area (TPSA) is 90.9 Å². The molecule has 0 atom stereocenters. The van der Waals surface area contributed by atoms with Crippen molar-refractivity contribution in [3.8, 4) is 22.5 Å². The minimum Gasteiger partial charge on any atom is -0.432 e. The molecule has 0 saturated carbocycles. The number of benzene rings is 1. The highest BCUT2D eigenvalue weighted by atomic mass is 127. The number of fused-ring (bicyclic) bond motifs is 1. The van der Waals surface area contributed by atoms with E-state index in [1.807, 2.05) is 6.07 Å². The Labute approximate surface area is 172 Å². The molecule has 0 amide bonds.